The Kier molecular flexibility index (Phi) is 4.67. The molecule has 4 rings (SSSR count). The second-order valence-corrected chi connectivity index (χ2v) is 7.65. The molecule has 144 valence electrons. The van der Waals surface area contributed by atoms with Crippen LogP contribution in [-0.4, -0.2) is 24.1 Å². The third-order valence-corrected chi connectivity index (χ3v) is 5.23. The first-order valence-corrected chi connectivity index (χ1v) is 9.48. The summed E-state index contributed by atoms with van der Waals surface area (Å²) in [6.45, 7) is 4.17. The van der Waals surface area contributed by atoms with Gasteiger partial charge in [0.15, 0.2) is 0 Å². The van der Waals surface area contributed by atoms with Crippen molar-refractivity contribution in [2.24, 2.45) is 0 Å². The van der Waals surface area contributed by atoms with Crippen molar-refractivity contribution in [3.8, 4) is 5.75 Å². The second-order valence-electron chi connectivity index (χ2n) is 7.65. The molecule has 0 saturated carbocycles. The molecule has 5 heteroatoms. The number of carbonyl (C=O) groups is 2. The summed E-state index contributed by atoms with van der Waals surface area (Å²) in [4.78, 5) is 24.6. The first-order valence-electron chi connectivity index (χ1n) is 9.48. The van der Waals surface area contributed by atoms with E-state index in [-0.39, 0.29) is 24.2 Å². The Balaban J connectivity index is 1.48. The van der Waals surface area contributed by atoms with E-state index in [0.717, 1.165) is 17.7 Å². The molecule has 0 bridgehead atoms. The third kappa shape index (κ3) is 3.52. The molecule has 28 heavy (non-hydrogen) atoms. The number of amides is 1. The minimum Gasteiger partial charge on any atom is -0.493 e. The molecule has 1 atom stereocenters. The second kappa shape index (κ2) is 7.15. The van der Waals surface area contributed by atoms with E-state index < -0.39 is 5.60 Å². The molecule has 0 radical (unpaired) electrons. The number of cyclic esters (lactones) is 1. The predicted octanol–water partition coefficient (Wildman–Crippen LogP) is 3.50. The van der Waals surface area contributed by atoms with Gasteiger partial charge < -0.3 is 14.8 Å². The van der Waals surface area contributed by atoms with E-state index >= 15 is 0 Å². The van der Waals surface area contributed by atoms with Crippen LogP contribution in [0.25, 0.3) is 0 Å². The molecule has 2 heterocycles. The standard InChI is InChI=1S/C23H23NO4/c1-23(2)21-20(22(26)28-23)18(14-19(25)24-21)16-8-10-17(11-9-16)27-13-12-15-6-4-3-5-7-15/h3-11,18H,12-14H2,1-2H3,(H,24,25)/t18-/m0/s1. The summed E-state index contributed by atoms with van der Waals surface area (Å²) >= 11 is 0. The molecular formula is C23H23NO4. The number of hydrogen-bond donors (Lipinski definition) is 1. The van der Waals surface area contributed by atoms with Crippen LogP contribution in [0.3, 0.4) is 0 Å². The molecule has 1 amide bonds. The Labute approximate surface area is 164 Å². The molecule has 2 aromatic rings. The number of rotatable bonds is 5. The van der Waals surface area contributed by atoms with Crippen LogP contribution < -0.4 is 10.1 Å². The lowest BCUT2D eigenvalue weighted by atomic mass is 9.83. The zero-order valence-corrected chi connectivity index (χ0v) is 16.0. The lowest BCUT2D eigenvalue weighted by molar-refractivity contribution is -0.144. The number of hydrogen-bond acceptors (Lipinski definition) is 4. The van der Waals surface area contributed by atoms with Crippen LogP contribution >= 0.6 is 0 Å². The highest BCUT2D eigenvalue weighted by Crippen LogP contribution is 2.42. The smallest absolute Gasteiger partial charge is 0.337 e. The molecule has 0 aliphatic carbocycles. The minimum absolute atomic E-state index is 0.0988. The van der Waals surface area contributed by atoms with Crippen molar-refractivity contribution >= 4 is 11.9 Å². The van der Waals surface area contributed by atoms with Crippen molar-refractivity contribution in [1.82, 2.24) is 5.32 Å². The third-order valence-electron chi connectivity index (χ3n) is 5.23. The summed E-state index contributed by atoms with van der Waals surface area (Å²) in [5, 5.41) is 2.82. The Bertz CT molecular complexity index is 929. The number of carbonyl (C=O) groups excluding carboxylic acids is 2. The van der Waals surface area contributed by atoms with Crippen LogP contribution in [0.15, 0.2) is 65.9 Å². The molecular weight excluding hydrogens is 354 g/mol. The number of esters is 1. The highest BCUT2D eigenvalue weighted by atomic mass is 16.6. The molecule has 2 aliphatic rings. The molecule has 0 unspecified atom stereocenters. The molecule has 0 fully saturated rings. The van der Waals surface area contributed by atoms with Crippen LogP contribution in [0.2, 0.25) is 0 Å². The molecule has 5 nitrogen and oxygen atoms in total. The van der Waals surface area contributed by atoms with E-state index in [1.54, 1.807) is 13.8 Å². The monoisotopic (exact) mass is 377 g/mol. The summed E-state index contributed by atoms with van der Waals surface area (Å²) in [7, 11) is 0. The van der Waals surface area contributed by atoms with E-state index in [1.807, 2.05) is 42.5 Å². The van der Waals surface area contributed by atoms with E-state index in [0.29, 0.717) is 17.9 Å². The van der Waals surface area contributed by atoms with Gasteiger partial charge in [-0.25, -0.2) is 4.79 Å². The topological polar surface area (TPSA) is 64.6 Å². The number of benzene rings is 2. The average molecular weight is 377 g/mol. The molecule has 0 spiro atoms. The van der Waals surface area contributed by atoms with E-state index in [9.17, 15) is 9.59 Å². The molecule has 0 aromatic heterocycles. The maximum Gasteiger partial charge on any atom is 0.337 e. The largest absolute Gasteiger partial charge is 0.493 e. The van der Waals surface area contributed by atoms with Crippen LogP contribution in [-0.2, 0) is 20.7 Å². The fraction of sp³-hybridized carbons (Fsp3) is 0.304. The lowest BCUT2D eigenvalue weighted by Crippen LogP contribution is -2.38. The maximum atomic E-state index is 12.4. The normalized spacial score (nSPS) is 20.4. The quantitative estimate of drug-likeness (QED) is 0.810. The molecule has 0 saturated heterocycles. The van der Waals surface area contributed by atoms with Crippen molar-refractivity contribution in [3.63, 3.8) is 0 Å². The van der Waals surface area contributed by atoms with Crippen molar-refractivity contribution in [2.45, 2.75) is 38.2 Å². The van der Waals surface area contributed by atoms with Crippen molar-refractivity contribution in [1.29, 1.82) is 0 Å². The molecule has 2 aliphatic heterocycles. The Morgan fingerprint density at radius 2 is 1.79 bits per heavy atom. The van der Waals surface area contributed by atoms with Crippen molar-refractivity contribution in [2.75, 3.05) is 6.61 Å². The number of nitrogens with one attached hydrogen (secondary N) is 1. The first kappa shape index (κ1) is 18.3. The van der Waals surface area contributed by atoms with Crippen molar-refractivity contribution < 1.29 is 19.1 Å². The van der Waals surface area contributed by atoms with Gasteiger partial charge in [0, 0.05) is 18.8 Å². The van der Waals surface area contributed by atoms with Crippen LogP contribution in [0.1, 0.15) is 37.3 Å². The van der Waals surface area contributed by atoms with Gasteiger partial charge in [-0.15, -0.1) is 0 Å². The fourth-order valence-electron chi connectivity index (χ4n) is 3.79. The highest BCUT2D eigenvalue weighted by Gasteiger charge is 2.47. The van der Waals surface area contributed by atoms with Gasteiger partial charge in [0.25, 0.3) is 0 Å². The van der Waals surface area contributed by atoms with Gasteiger partial charge in [0.2, 0.25) is 5.91 Å². The van der Waals surface area contributed by atoms with Gasteiger partial charge in [0.05, 0.1) is 17.9 Å². The van der Waals surface area contributed by atoms with Crippen LogP contribution in [0.4, 0.5) is 0 Å². The van der Waals surface area contributed by atoms with Crippen LogP contribution in [0.5, 0.6) is 5.75 Å². The highest BCUT2D eigenvalue weighted by molar-refractivity contribution is 5.99. The van der Waals surface area contributed by atoms with Crippen LogP contribution in [0, 0.1) is 0 Å². The Morgan fingerprint density at radius 3 is 2.50 bits per heavy atom. The van der Waals surface area contributed by atoms with Crippen molar-refractivity contribution in [3.05, 3.63) is 77.0 Å². The van der Waals surface area contributed by atoms with Gasteiger partial charge >= 0.3 is 5.97 Å². The van der Waals surface area contributed by atoms with E-state index in [4.69, 9.17) is 9.47 Å². The summed E-state index contributed by atoms with van der Waals surface area (Å²) in [6.07, 6.45) is 1.07. The van der Waals surface area contributed by atoms with Gasteiger partial charge in [-0.05, 0) is 37.1 Å². The minimum atomic E-state index is -0.804. The van der Waals surface area contributed by atoms with Gasteiger partial charge in [-0.1, -0.05) is 42.5 Å². The SMILES string of the molecule is CC1(C)OC(=O)C2=C1NC(=O)C[C@H]2c1ccc(OCCc2ccccc2)cc1. The Hall–Kier alpha value is -3.08. The van der Waals surface area contributed by atoms with Gasteiger partial charge in [0.1, 0.15) is 11.4 Å². The van der Waals surface area contributed by atoms with Gasteiger partial charge in [-0.2, -0.15) is 0 Å². The average Bonchev–Trinajstić information content (AvgIpc) is 2.91. The predicted molar refractivity (Wildman–Crippen MR) is 105 cm³/mol. The summed E-state index contributed by atoms with van der Waals surface area (Å²) in [5.74, 6) is 0.0198. The fourth-order valence-corrected chi connectivity index (χ4v) is 3.79. The lowest BCUT2D eigenvalue weighted by Gasteiger charge is -2.27. The summed E-state index contributed by atoms with van der Waals surface area (Å²) < 4.78 is 11.3. The van der Waals surface area contributed by atoms with Gasteiger partial charge in [-0.3, -0.25) is 4.79 Å². The summed E-state index contributed by atoms with van der Waals surface area (Å²) in [6, 6.07) is 17.8. The number of ether oxygens (including phenoxy) is 2. The van der Waals surface area contributed by atoms with E-state index in [2.05, 4.69) is 17.4 Å². The first-order chi connectivity index (χ1) is 13.4. The zero-order chi connectivity index (χ0) is 19.7. The molecule has 1 N–H and O–H groups in total. The Morgan fingerprint density at radius 1 is 1.07 bits per heavy atom. The summed E-state index contributed by atoms with van der Waals surface area (Å²) in [5.41, 5.74) is 2.48. The molecule has 2 aromatic carbocycles. The van der Waals surface area contributed by atoms with E-state index in [1.165, 1.54) is 5.56 Å². The maximum absolute atomic E-state index is 12.4. The zero-order valence-electron chi connectivity index (χ0n) is 16.0.